The highest BCUT2D eigenvalue weighted by atomic mass is 32.2. The van der Waals surface area contributed by atoms with Crippen LogP contribution in [0.4, 0.5) is 0 Å². The summed E-state index contributed by atoms with van der Waals surface area (Å²) in [5.41, 5.74) is 0. The monoisotopic (exact) mass is 340 g/mol. The van der Waals surface area contributed by atoms with Crippen LogP contribution in [-0.2, 0) is 9.84 Å². The first-order valence-corrected chi connectivity index (χ1v) is 10.00. The molecule has 1 fully saturated rings. The minimum atomic E-state index is -3.21. The van der Waals surface area contributed by atoms with Crippen molar-refractivity contribution in [1.29, 1.82) is 0 Å². The van der Waals surface area contributed by atoms with E-state index in [1.54, 1.807) is 24.3 Å². The number of benzene rings is 1. The molecule has 0 bridgehead atoms. The van der Waals surface area contributed by atoms with Crippen LogP contribution in [0.1, 0.15) is 20.3 Å². The van der Waals surface area contributed by atoms with E-state index >= 15 is 0 Å². The zero-order chi connectivity index (χ0) is 16.9. The summed E-state index contributed by atoms with van der Waals surface area (Å²) >= 11 is 0. The largest absolute Gasteiger partial charge is 0.392 e. The number of aliphatic hydroxyl groups excluding tert-OH is 1. The van der Waals surface area contributed by atoms with E-state index in [2.05, 4.69) is 16.7 Å². The van der Waals surface area contributed by atoms with Gasteiger partial charge in [0.1, 0.15) is 0 Å². The lowest BCUT2D eigenvalue weighted by Crippen LogP contribution is -2.55. The van der Waals surface area contributed by atoms with E-state index < -0.39 is 9.84 Å². The summed E-state index contributed by atoms with van der Waals surface area (Å²) in [5.74, 6) is 0.157. The van der Waals surface area contributed by atoms with Gasteiger partial charge in [0.2, 0.25) is 0 Å². The molecule has 0 saturated carbocycles. The summed E-state index contributed by atoms with van der Waals surface area (Å²) in [6, 6.07) is 9.04. The van der Waals surface area contributed by atoms with E-state index in [0.29, 0.717) is 24.0 Å². The molecule has 0 amide bonds. The zero-order valence-electron chi connectivity index (χ0n) is 14.1. The fourth-order valence-electron chi connectivity index (χ4n) is 3.12. The molecule has 23 heavy (non-hydrogen) atoms. The second-order valence-corrected chi connectivity index (χ2v) is 8.45. The predicted molar refractivity (Wildman–Crippen MR) is 92.3 cm³/mol. The Labute approximate surface area is 139 Å². The minimum Gasteiger partial charge on any atom is -0.392 e. The summed E-state index contributed by atoms with van der Waals surface area (Å²) in [6.07, 6.45) is 0.684. The van der Waals surface area contributed by atoms with E-state index in [9.17, 15) is 13.5 Å². The Kier molecular flexibility index (Phi) is 6.59. The normalized spacial score (nSPS) is 22.1. The van der Waals surface area contributed by atoms with Gasteiger partial charge in [-0.25, -0.2) is 8.42 Å². The van der Waals surface area contributed by atoms with Crippen LogP contribution in [0.5, 0.6) is 0 Å². The first kappa shape index (κ1) is 18.4. The fraction of sp³-hybridized carbons (Fsp3) is 0.647. The summed E-state index contributed by atoms with van der Waals surface area (Å²) in [6.45, 7) is 7.82. The number of rotatable bonds is 7. The van der Waals surface area contributed by atoms with Crippen molar-refractivity contribution < 1.29 is 13.5 Å². The third-order valence-electron chi connectivity index (χ3n) is 4.44. The Bertz CT molecular complexity index is 575. The van der Waals surface area contributed by atoms with Crippen LogP contribution >= 0.6 is 0 Å². The van der Waals surface area contributed by atoms with Crippen molar-refractivity contribution in [3.05, 3.63) is 30.3 Å². The molecule has 6 heteroatoms. The van der Waals surface area contributed by atoms with Crippen LogP contribution in [-0.4, -0.2) is 73.9 Å². The molecular formula is C17H28N2O3S. The average Bonchev–Trinajstić information content (AvgIpc) is 2.54. The second kappa shape index (κ2) is 8.24. The summed E-state index contributed by atoms with van der Waals surface area (Å²) in [4.78, 5) is 4.94. The molecule has 0 radical (unpaired) electrons. The predicted octanol–water partition coefficient (Wildman–Crippen LogP) is 1.24. The molecule has 2 atom stereocenters. The molecule has 0 spiro atoms. The quantitative estimate of drug-likeness (QED) is 0.809. The Morgan fingerprint density at radius 3 is 2.57 bits per heavy atom. The zero-order valence-corrected chi connectivity index (χ0v) is 14.9. The topological polar surface area (TPSA) is 60.9 Å². The number of aliphatic hydroxyl groups is 1. The minimum absolute atomic E-state index is 0.157. The number of hydrogen-bond donors (Lipinski definition) is 1. The average molecular weight is 340 g/mol. The van der Waals surface area contributed by atoms with Gasteiger partial charge in [0, 0.05) is 38.8 Å². The molecule has 1 aliphatic heterocycles. The summed E-state index contributed by atoms with van der Waals surface area (Å²) in [7, 11) is -3.21. The van der Waals surface area contributed by atoms with Gasteiger partial charge in [-0.3, -0.25) is 9.80 Å². The molecule has 1 aromatic carbocycles. The standard InChI is InChI=1S/C17H28N2O3S/c1-3-16-14-18(9-10-19(16)13-15(2)20)11-12-23(21,22)17-7-5-4-6-8-17/h4-8,15-16,20H,3,9-14H2,1-2H3/t15-,16+/m1/s1. The molecule has 1 aromatic rings. The van der Waals surface area contributed by atoms with Crippen LogP contribution in [0.15, 0.2) is 35.2 Å². The van der Waals surface area contributed by atoms with Gasteiger partial charge in [-0.15, -0.1) is 0 Å². The third-order valence-corrected chi connectivity index (χ3v) is 6.15. The second-order valence-electron chi connectivity index (χ2n) is 6.34. The van der Waals surface area contributed by atoms with E-state index in [0.717, 1.165) is 26.1 Å². The molecule has 1 heterocycles. The smallest absolute Gasteiger partial charge is 0.179 e. The van der Waals surface area contributed by atoms with Crippen molar-refractivity contribution in [1.82, 2.24) is 9.80 Å². The van der Waals surface area contributed by atoms with E-state index in [1.807, 2.05) is 13.0 Å². The van der Waals surface area contributed by atoms with Crippen LogP contribution in [0, 0.1) is 0 Å². The Balaban J connectivity index is 1.90. The number of hydrogen-bond acceptors (Lipinski definition) is 5. The highest BCUT2D eigenvalue weighted by Gasteiger charge is 2.27. The lowest BCUT2D eigenvalue weighted by molar-refractivity contribution is 0.0389. The van der Waals surface area contributed by atoms with Crippen LogP contribution in [0.25, 0.3) is 0 Å². The molecule has 1 saturated heterocycles. The van der Waals surface area contributed by atoms with Gasteiger partial charge >= 0.3 is 0 Å². The maximum absolute atomic E-state index is 12.4. The maximum Gasteiger partial charge on any atom is 0.179 e. The van der Waals surface area contributed by atoms with Gasteiger partial charge in [-0.05, 0) is 25.5 Å². The first-order valence-electron chi connectivity index (χ1n) is 8.34. The van der Waals surface area contributed by atoms with E-state index in [1.165, 1.54) is 0 Å². The third kappa shape index (κ3) is 5.28. The highest BCUT2D eigenvalue weighted by molar-refractivity contribution is 7.91. The number of piperazine rings is 1. The van der Waals surface area contributed by atoms with Crippen molar-refractivity contribution in [2.75, 3.05) is 38.5 Å². The van der Waals surface area contributed by atoms with Gasteiger partial charge in [0.05, 0.1) is 16.8 Å². The number of sulfone groups is 1. The van der Waals surface area contributed by atoms with Crippen molar-refractivity contribution >= 4 is 9.84 Å². The van der Waals surface area contributed by atoms with Crippen molar-refractivity contribution in [3.63, 3.8) is 0 Å². The summed E-state index contributed by atoms with van der Waals surface area (Å²) < 4.78 is 24.7. The van der Waals surface area contributed by atoms with E-state index in [-0.39, 0.29) is 11.9 Å². The van der Waals surface area contributed by atoms with Crippen LogP contribution in [0.2, 0.25) is 0 Å². The van der Waals surface area contributed by atoms with Crippen molar-refractivity contribution in [3.8, 4) is 0 Å². The number of nitrogens with zero attached hydrogens (tertiary/aromatic N) is 2. The Morgan fingerprint density at radius 2 is 1.96 bits per heavy atom. The molecule has 2 rings (SSSR count). The molecule has 1 aliphatic rings. The molecule has 0 aromatic heterocycles. The van der Waals surface area contributed by atoms with Gasteiger partial charge in [-0.2, -0.15) is 0 Å². The molecule has 0 unspecified atom stereocenters. The fourth-order valence-corrected chi connectivity index (χ4v) is 4.43. The van der Waals surface area contributed by atoms with Crippen molar-refractivity contribution in [2.45, 2.75) is 37.3 Å². The molecule has 5 nitrogen and oxygen atoms in total. The molecule has 130 valence electrons. The SMILES string of the molecule is CC[C@H]1CN(CCS(=O)(=O)c2ccccc2)CCN1C[C@@H](C)O. The maximum atomic E-state index is 12.4. The molecule has 1 N–H and O–H groups in total. The highest BCUT2D eigenvalue weighted by Crippen LogP contribution is 2.15. The van der Waals surface area contributed by atoms with Crippen LogP contribution in [0.3, 0.4) is 0 Å². The Hall–Kier alpha value is -0.950. The molecule has 0 aliphatic carbocycles. The van der Waals surface area contributed by atoms with Crippen molar-refractivity contribution in [2.24, 2.45) is 0 Å². The summed E-state index contributed by atoms with van der Waals surface area (Å²) in [5, 5.41) is 9.59. The Morgan fingerprint density at radius 1 is 1.26 bits per heavy atom. The van der Waals surface area contributed by atoms with Gasteiger partial charge in [-0.1, -0.05) is 25.1 Å². The van der Waals surface area contributed by atoms with E-state index in [4.69, 9.17) is 0 Å². The first-order chi connectivity index (χ1) is 10.9. The lowest BCUT2D eigenvalue weighted by Gasteiger charge is -2.41. The van der Waals surface area contributed by atoms with Gasteiger partial charge < -0.3 is 5.11 Å². The lowest BCUT2D eigenvalue weighted by atomic mass is 10.1. The van der Waals surface area contributed by atoms with Gasteiger partial charge in [0.15, 0.2) is 9.84 Å². The van der Waals surface area contributed by atoms with Crippen LogP contribution < -0.4 is 0 Å². The van der Waals surface area contributed by atoms with Gasteiger partial charge in [0.25, 0.3) is 0 Å². The number of β-amino-alcohol motifs (C(OH)–C–C–N with tert-alkyl or cyclic N) is 1. The molecular weight excluding hydrogens is 312 g/mol.